The van der Waals surface area contributed by atoms with E-state index in [1.165, 1.54) is 4.57 Å². The third kappa shape index (κ3) is 4.07. The maximum atomic E-state index is 12.8. The summed E-state index contributed by atoms with van der Waals surface area (Å²) in [6.07, 6.45) is 6.13. The summed E-state index contributed by atoms with van der Waals surface area (Å²) in [5.41, 5.74) is 1.24. The van der Waals surface area contributed by atoms with Crippen LogP contribution in [0.2, 0.25) is 0 Å². The summed E-state index contributed by atoms with van der Waals surface area (Å²) >= 11 is 0. The van der Waals surface area contributed by atoms with Crippen LogP contribution >= 0.6 is 0 Å². The largest absolute Gasteiger partial charge is 0.490 e. The highest BCUT2D eigenvalue weighted by Gasteiger charge is 2.18. The Morgan fingerprint density at radius 2 is 1.74 bits per heavy atom. The molecule has 1 saturated heterocycles. The predicted octanol–water partition coefficient (Wildman–Crippen LogP) is 2.24. The van der Waals surface area contributed by atoms with E-state index in [1.807, 2.05) is 43.3 Å². The molecular weight excluding hydrogens is 394 g/mol. The maximum Gasteiger partial charge on any atom is 0.332 e. The molecule has 1 aliphatic rings. The van der Waals surface area contributed by atoms with E-state index in [9.17, 15) is 9.59 Å². The Bertz CT molecular complexity index is 1210. The van der Waals surface area contributed by atoms with Gasteiger partial charge in [0.05, 0.1) is 0 Å². The molecule has 4 rings (SSSR count). The van der Waals surface area contributed by atoms with Gasteiger partial charge in [-0.1, -0.05) is 18.2 Å². The molecule has 0 saturated carbocycles. The third-order valence-corrected chi connectivity index (χ3v) is 5.80. The van der Waals surface area contributed by atoms with Gasteiger partial charge in [-0.05, 0) is 63.6 Å². The molecule has 2 aromatic heterocycles. The SMILES string of the molecule is CCn1c(=O)c2c(nc(/C=C/c3ccc(OC4CCNCC4)cc3)n2C)n(CC)c1=O. The van der Waals surface area contributed by atoms with Crippen LogP contribution in [0.15, 0.2) is 33.9 Å². The standard InChI is InChI=1S/C23H29N5O3/c1-4-27-21-20(22(29)28(5-2)23(27)30)26(3)19(25-21)11-8-16-6-9-17(10-7-16)31-18-12-14-24-15-13-18/h6-11,18,24H,4-5,12-15H2,1-3H3/b11-8+. The van der Waals surface area contributed by atoms with Crippen molar-refractivity contribution < 1.29 is 4.74 Å². The first kappa shape index (κ1) is 21.1. The van der Waals surface area contributed by atoms with Gasteiger partial charge in [0.1, 0.15) is 17.7 Å². The van der Waals surface area contributed by atoms with Crippen LogP contribution in [0, 0.1) is 0 Å². The van der Waals surface area contributed by atoms with Crippen molar-refractivity contribution in [2.75, 3.05) is 13.1 Å². The molecule has 0 unspecified atom stereocenters. The van der Waals surface area contributed by atoms with E-state index in [0.29, 0.717) is 30.1 Å². The van der Waals surface area contributed by atoms with Crippen LogP contribution < -0.4 is 21.3 Å². The van der Waals surface area contributed by atoms with E-state index in [0.717, 1.165) is 37.2 Å². The van der Waals surface area contributed by atoms with Crippen LogP contribution in [0.4, 0.5) is 0 Å². The highest BCUT2D eigenvalue weighted by molar-refractivity contribution is 5.76. The van der Waals surface area contributed by atoms with Gasteiger partial charge in [0.25, 0.3) is 5.56 Å². The number of hydrogen-bond acceptors (Lipinski definition) is 5. The van der Waals surface area contributed by atoms with Crippen molar-refractivity contribution in [3.8, 4) is 5.75 Å². The number of nitrogens with zero attached hydrogens (tertiary/aromatic N) is 4. The summed E-state index contributed by atoms with van der Waals surface area (Å²) in [7, 11) is 1.80. The zero-order valence-corrected chi connectivity index (χ0v) is 18.3. The average Bonchev–Trinajstić information content (AvgIpc) is 3.11. The van der Waals surface area contributed by atoms with Gasteiger partial charge in [0.2, 0.25) is 0 Å². The van der Waals surface area contributed by atoms with Gasteiger partial charge in [-0.15, -0.1) is 0 Å². The fourth-order valence-corrected chi connectivity index (χ4v) is 4.03. The lowest BCUT2D eigenvalue weighted by atomic mass is 10.1. The second-order valence-corrected chi connectivity index (χ2v) is 7.75. The molecule has 0 radical (unpaired) electrons. The monoisotopic (exact) mass is 423 g/mol. The normalized spacial score (nSPS) is 15.2. The number of aryl methyl sites for hydroxylation is 2. The van der Waals surface area contributed by atoms with Crippen LogP contribution in [0.25, 0.3) is 23.3 Å². The van der Waals surface area contributed by atoms with Crippen LogP contribution in [0.1, 0.15) is 38.1 Å². The number of aromatic nitrogens is 4. The van der Waals surface area contributed by atoms with Gasteiger partial charge in [-0.25, -0.2) is 9.78 Å². The van der Waals surface area contributed by atoms with Crippen LogP contribution in [0.5, 0.6) is 5.75 Å². The Morgan fingerprint density at radius 1 is 1.06 bits per heavy atom. The highest BCUT2D eigenvalue weighted by Crippen LogP contribution is 2.19. The van der Waals surface area contributed by atoms with E-state index < -0.39 is 0 Å². The minimum atomic E-state index is -0.319. The van der Waals surface area contributed by atoms with E-state index in [1.54, 1.807) is 23.1 Å². The lowest BCUT2D eigenvalue weighted by Gasteiger charge is -2.23. The summed E-state index contributed by atoms with van der Waals surface area (Å²) in [4.78, 5) is 30.0. The number of ether oxygens (including phenoxy) is 1. The lowest BCUT2D eigenvalue weighted by Crippen LogP contribution is -2.39. The van der Waals surface area contributed by atoms with Crippen molar-refractivity contribution in [3.05, 3.63) is 56.5 Å². The van der Waals surface area contributed by atoms with Gasteiger partial charge in [-0.3, -0.25) is 13.9 Å². The quantitative estimate of drug-likeness (QED) is 0.658. The topological polar surface area (TPSA) is 83.1 Å². The number of nitrogens with one attached hydrogen (secondary N) is 1. The van der Waals surface area contributed by atoms with Crippen molar-refractivity contribution >= 4 is 23.3 Å². The number of rotatable bonds is 6. The second kappa shape index (κ2) is 8.93. The zero-order chi connectivity index (χ0) is 22.0. The molecule has 1 N–H and O–H groups in total. The minimum absolute atomic E-state index is 0.269. The van der Waals surface area contributed by atoms with Gasteiger partial charge in [0, 0.05) is 20.1 Å². The maximum absolute atomic E-state index is 12.8. The van der Waals surface area contributed by atoms with Gasteiger partial charge in [0.15, 0.2) is 11.2 Å². The van der Waals surface area contributed by atoms with E-state index in [-0.39, 0.29) is 17.4 Å². The number of imidazole rings is 1. The number of piperidine rings is 1. The minimum Gasteiger partial charge on any atom is -0.490 e. The van der Waals surface area contributed by atoms with Crippen molar-refractivity contribution in [2.24, 2.45) is 7.05 Å². The summed E-state index contributed by atoms with van der Waals surface area (Å²) in [5, 5.41) is 3.34. The van der Waals surface area contributed by atoms with E-state index in [2.05, 4.69) is 10.3 Å². The van der Waals surface area contributed by atoms with Crippen LogP contribution in [-0.2, 0) is 20.1 Å². The first-order chi connectivity index (χ1) is 15.0. The average molecular weight is 424 g/mol. The van der Waals surface area contributed by atoms with Crippen molar-refractivity contribution in [2.45, 2.75) is 45.9 Å². The molecule has 31 heavy (non-hydrogen) atoms. The Kier molecular flexibility index (Phi) is 6.08. The first-order valence-corrected chi connectivity index (χ1v) is 10.9. The van der Waals surface area contributed by atoms with Crippen molar-refractivity contribution in [1.82, 2.24) is 24.0 Å². The summed E-state index contributed by atoms with van der Waals surface area (Å²) < 4.78 is 10.6. The summed E-state index contributed by atoms with van der Waals surface area (Å²) in [5.74, 6) is 1.50. The molecule has 0 amide bonds. The molecule has 8 heteroatoms. The zero-order valence-electron chi connectivity index (χ0n) is 18.3. The molecular formula is C23H29N5O3. The summed E-state index contributed by atoms with van der Waals surface area (Å²) in [6.45, 7) is 6.45. The smallest absolute Gasteiger partial charge is 0.332 e. The molecule has 3 aromatic rings. The van der Waals surface area contributed by atoms with Gasteiger partial charge < -0.3 is 14.6 Å². The Morgan fingerprint density at radius 3 is 2.39 bits per heavy atom. The first-order valence-electron chi connectivity index (χ1n) is 10.9. The number of fused-ring (bicyclic) bond motifs is 1. The Balaban J connectivity index is 1.61. The molecule has 8 nitrogen and oxygen atoms in total. The Labute approximate surface area is 180 Å². The van der Waals surface area contributed by atoms with Crippen LogP contribution in [-0.4, -0.2) is 37.9 Å². The molecule has 1 aliphatic heterocycles. The molecule has 0 spiro atoms. The molecule has 1 aromatic carbocycles. The molecule has 0 aliphatic carbocycles. The van der Waals surface area contributed by atoms with Gasteiger partial charge in [-0.2, -0.15) is 0 Å². The fourth-order valence-electron chi connectivity index (χ4n) is 4.03. The highest BCUT2D eigenvalue weighted by atomic mass is 16.5. The van der Waals surface area contributed by atoms with E-state index in [4.69, 9.17) is 4.74 Å². The van der Waals surface area contributed by atoms with E-state index >= 15 is 0 Å². The molecule has 1 fully saturated rings. The molecule has 0 atom stereocenters. The van der Waals surface area contributed by atoms with Crippen molar-refractivity contribution in [3.63, 3.8) is 0 Å². The van der Waals surface area contributed by atoms with Gasteiger partial charge >= 0.3 is 5.69 Å². The number of hydrogen-bond donors (Lipinski definition) is 1. The molecule has 0 bridgehead atoms. The fraction of sp³-hybridized carbons (Fsp3) is 0.435. The second-order valence-electron chi connectivity index (χ2n) is 7.75. The molecule has 164 valence electrons. The summed E-state index contributed by atoms with van der Waals surface area (Å²) in [6, 6.07) is 7.96. The third-order valence-electron chi connectivity index (χ3n) is 5.80. The Hall–Kier alpha value is -3.13. The number of benzene rings is 1. The van der Waals surface area contributed by atoms with Crippen molar-refractivity contribution in [1.29, 1.82) is 0 Å². The molecule has 3 heterocycles. The van der Waals surface area contributed by atoms with Crippen LogP contribution in [0.3, 0.4) is 0 Å². The predicted molar refractivity (Wildman–Crippen MR) is 122 cm³/mol. The lowest BCUT2D eigenvalue weighted by molar-refractivity contribution is 0.162.